The molecule has 0 bridgehead atoms. The first kappa shape index (κ1) is 31.8. The van der Waals surface area contributed by atoms with Crippen molar-refractivity contribution in [3.05, 3.63) is 0 Å². The third-order valence-corrected chi connectivity index (χ3v) is 5.90. The summed E-state index contributed by atoms with van der Waals surface area (Å²) in [4.78, 5) is 75.3. The Hall–Kier alpha value is -3.22. The van der Waals surface area contributed by atoms with Crippen molar-refractivity contribution in [3.63, 3.8) is 0 Å². The number of hydrogen-bond donors (Lipinski definition) is 6. The van der Waals surface area contributed by atoms with Crippen molar-refractivity contribution in [1.82, 2.24) is 26.2 Å². The molecule has 4 atom stereocenters. The van der Waals surface area contributed by atoms with Gasteiger partial charge in [0.05, 0.1) is 13.1 Å². The third kappa shape index (κ3) is 10.7. The van der Waals surface area contributed by atoms with Gasteiger partial charge in [0.25, 0.3) is 0 Å². The molecule has 13 heteroatoms. The summed E-state index contributed by atoms with van der Waals surface area (Å²) in [5, 5.41) is 19.1. The van der Waals surface area contributed by atoms with Crippen molar-refractivity contribution < 1.29 is 33.9 Å². The summed E-state index contributed by atoms with van der Waals surface area (Å²) in [5.41, 5.74) is 5.44. The van der Waals surface area contributed by atoms with Crippen LogP contribution in [0, 0.1) is 11.8 Å². The fraction of sp³-hybridized carbons (Fsp3) is 0.750. The molecule has 0 radical (unpaired) electrons. The highest BCUT2D eigenvalue weighted by atomic mass is 16.4. The van der Waals surface area contributed by atoms with Gasteiger partial charge >= 0.3 is 5.97 Å². The van der Waals surface area contributed by atoms with Crippen LogP contribution in [0.25, 0.3) is 0 Å². The van der Waals surface area contributed by atoms with E-state index in [0.717, 1.165) is 0 Å². The topological polar surface area (TPSA) is 200 Å². The lowest BCUT2D eigenvalue weighted by atomic mass is 10.0. The molecule has 13 nitrogen and oxygen atoms in total. The Kier molecular flexibility index (Phi) is 13.0. The van der Waals surface area contributed by atoms with E-state index in [1.54, 1.807) is 0 Å². The van der Waals surface area contributed by atoms with E-state index < -0.39 is 60.3 Å². The van der Waals surface area contributed by atoms with Crippen molar-refractivity contribution in [2.45, 2.75) is 84.5 Å². The SMILES string of the molecule is CC(C)C[C@H](NC(=O)CNC(=O)[C@H](CC(C)C)NC(=O)[C@@H]1CCCN1C(=O)CN)C(=O)N[C@@H](C)C(=O)O. The first-order chi connectivity index (χ1) is 17.3. The van der Waals surface area contributed by atoms with Crippen LogP contribution >= 0.6 is 0 Å². The van der Waals surface area contributed by atoms with Gasteiger partial charge in [0, 0.05) is 6.54 Å². The molecule has 37 heavy (non-hydrogen) atoms. The first-order valence-corrected chi connectivity index (χ1v) is 12.7. The van der Waals surface area contributed by atoms with Crippen molar-refractivity contribution >= 4 is 35.5 Å². The molecule has 210 valence electrons. The highest BCUT2D eigenvalue weighted by molar-refractivity contribution is 5.95. The molecule has 0 saturated carbocycles. The molecule has 1 aliphatic rings. The molecule has 0 spiro atoms. The number of aliphatic carboxylic acids is 1. The second-order valence-electron chi connectivity index (χ2n) is 10.2. The van der Waals surface area contributed by atoms with Crippen LogP contribution in [0.5, 0.6) is 0 Å². The summed E-state index contributed by atoms with van der Waals surface area (Å²) in [6.45, 7) is 8.54. The summed E-state index contributed by atoms with van der Waals surface area (Å²) in [6, 6.07) is -3.74. The molecule has 0 aromatic carbocycles. The molecular weight excluding hydrogens is 484 g/mol. The molecule has 0 aromatic rings. The Morgan fingerprint density at radius 1 is 0.892 bits per heavy atom. The van der Waals surface area contributed by atoms with Gasteiger partial charge in [-0.15, -0.1) is 0 Å². The van der Waals surface area contributed by atoms with Crippen molar-refractivity contribution in [2.24, 2.45) is 17.6 Å². The molecule has 5 amide bonds. The zero-order valence-electron chi connectivity index (χ0n) is 22.3. The van der Waals surface area contributed by atoms with E-state index in [4.69, 9.17) is 10.8 Å². The highest BCUT2D eigenvalue weighted by Gasteiger charge is 2.35. The zero-order chi connectivity index (χ0) is 28.3. The van der Waals surface area contributed by atoms with Gasteiger partial charge in [-0.25, -0.2) is 0 Å². The van der Waals surface area contributed by atoms with E-state index in [9.17, 15) is 28.8 Å². The normalized spacial score (nSPS) is 17.6. The minimum atomic E-state index is -1.21. The van der Waals surface area contributed by atoms with E-state index in [1.165, 1.54) is 11.8 Å². The molecule has 0 aliphatic carbocycles. The number of nitrogens with one attached hydrogen (secondary N) is 4. The molecule has 1 saturated heterocycles. The first-order valence-electron chi connectivity index (χ1n) is 12.7. The van der Waals surface area contributed by atoms with Crippen LogP contribution < -0.4 is 27.0 Å². The second kappa shape index (κ2) is 15.1. The Morgan fingerprint density at radius 2 is 1.46 bits per heavy atom. The van der Waals surface area contributed by atoms with E-state index >= 15 is 0 Å². The van der Waals surface area contributed by atoms with Crippen LogP contribution in [-0.4, -0.2) is 89.3 Å². The van der Waals surface area contributed by atoms with Crippen LogP contribution in [0.3, 0.4) is 0 Å². The lowest BCUT2D eigenvalue weighted by molar-refractivity contribution is -0.141. The van der Waals surface area contributed by atoms with Crippen molar-refractivity contribution in [2.75, 3.05) is 19.6 Å². The van der Waals surface area contributed by atoms with Gasteiger partial charge in [-0.05, 0) is 44.4 Å². The Bertz CT molecular complexity index is 847. The van der Waals surface area contributed by atoms with Gasteiger partial charge in [-0.2, -0.15) is 0 Å². The number of carboxylic acid groups (broad SMARTS) is 1. The minimum absolute atomic E-state index is 0.0257. The molecule has 1 fully saturated rings. The van der Waals surface area contributed by atoms with Crippen molar-refractivity contribution in [3.8, 4) is 0 Å². The lowest BCUT2D eigenvalue weighted by Crippen LogP contribution is -2.56. The number of hydrogen-bond acceptors (Lipinski definition) is 7. The number of likely N-dealkylation sites (tertiary alicyclic amines) is 1. The maximum atomic E-state index is 12.9. The molecule has 1 aliphatic heterocycles. The fourth-order valence-corrected chi connectivity index (χ4v) is 4.04. The standard InChI is InChI=1S/C24H42N6O7/c1-13(2)9-16(29-23(35)18-7-6-8-30(18)20(32)11-25)21(33)26-12-19(31)28-17(10-14(3)4)22(34)27-15(5)24(36)37/h13-18H,6-12,25H2,1-5H3,(H,26,33)(H,27,34)(H,28,31)(H,29,35)(H,36,37)/t15-,16-,17-,18-/m0/s1. The van der Waals surface area contributed by atoms with Gasteiger partial charge in [-0.1, -0.05) is 27.7 Å². The number of carboxylic acids is 1. The van der Waals surface area contributed by atoms with E-state index in [0.29, 0.717) is 25.8 Å². The van der Waals surface area contributed by atoms with E-state index in [-0.39, 0.29) is 30.7 Å². The molecule has 0 unspecified atom stereocenters. The molecule has 1 rings (SSSR count). The highest BCUT2D eigenvalue weighted by Crippen LogP contribution is 2.18. The van der Waals surface area contributed by atoms with E-state index in [2.05, 4.69) is 21.3 Å². The molecule has 1 heterocycles. The summed E-state index contributed by atoms with van der Waals surface area (Å²) in [5.74, 6) is -3.77. The summed E-state index contributed by atoms with van der Waals surface area (Å²) in [7, 11) is 0. The summed E-state index contributed by atoms with van der Waals surface area (Å²) < 4.78 is 0. The van der Waals surface area contributed by atoms with Crippen LogP contribution in [0.2, 0.25) is 0 Å². The summed E-state index contributed by atoms with van der Waals surface area (Å²) >= 11 is 0. The Balaban J connectivity index is 2.78. The average molecular weight is 527 g/mol. The smallest absolute Gasteiger partial charge is 0.325 e. The van der Waals surface area contributed by atoms with Crippen LogP contribution in [-0.2, 0) is 28.8 Å². The monoisotopic (exact) mass is 526 g/mol. The molecule has 0 aromatic heterocycles. The van der Waals surface area contributed by atoms with Crippen LogP contribution in [0.1, 0.15) is 60.3 Å². The van der Waals surface area contributed by atoms with Gasteiger partial charge < -0.3 is 37.0 Å². The number of carbonyl (C=O) groups is 6. The van der Waals surface area contributed by atoms with E-state index in [1.807, 2.05) is 27.7 Å². The fourth-order valence-electron chi connectivity index (χ4n) is 4.04. The quantitative estimate of drug-likeness (QED) is 0.160. The number of nitrogens with zero attached hydrogens (tertiary/aromatic N) is 1. The van der Waals surface area contributed by atoms with Gasteiger partial charge in [0.1, 0.15) is 24.2 Å². The largest absolute Gasteiger partial charge is 0.480 e. The van der Waals surface area contributed by atoms with Gasteiger partial charge in [-0.3, -0.25) is 28.8 Å². The third-order valence-electron chi connectivity index (χ3n) is 5.90. The Morgan fingerprint density at radius 3 is 1.97 bits per heavy atom. The second-order valence-corrected chi connectivity index (χ2v) is 10.2. The lowest BCUT2D eigenvalue weighted by Gasteiger charge is -2.27. The number of carbonyl (C=O) groups excluding carboxylic acids is 5. The van der Waals surface area contributed by atoms with Crippen molar-refractivity contribution in [1.29, 1.82) is 0 Å². The van der Waals surface area contributed by atoms with Crippen LogP contribution in [0.15, 0.2) is 0 Å². The van der Waals surface area contributed by atoms with Gasteiger partial charge in [0.2, 0.25) is 29.5 Å². The minimum Gasteiger partial charge on any atom is -0.480 e. The maximum absolute atomic E-state index is 12.9. The number of rotatable bonds is 14. The number of nitrogens with two attached hydrogens (primary N) is 1. The predicted octanol–water partition coefficient (Wildman–Crippen LogP) is -1.30. The van der Waals surface area contributed by atoms with Gasteiger partial charge in [0.15, 0.2) is 0 Å². The number of amides is 5. The predicted molar refractivity (Wildman–Crippen MR) is 135 cm³/mol. The molecule has 7 N–H and O–H groups in total. The zero-order valence-corrected chi connectivity index (χ0v) is 22.3. The molecular formula is C24H42N6O7. The van der Waals surface area contributed by atoms with Crippen LogP contribution in [0.4, 0.5) is 0 Å². The summed E-state index contributed by atoms with van der Waals surface area (Å²) in [6.07, 6.45) is 1.70. The maximum Gasteiger partial charge on any atom is 0.325 e. The average Bonchev–Trinajstić information content (AvgIpc) is 3.30. The Labute approximate surface area is 217 Å².